The van der Waals surface area contributed by atoms with Crippen molar-refractivity contribution in [1.82, 2.24) is 5.32 Å². The molecule has 1 fully saturated rings. The Kier molecular flexibility index (Phi) is 3.94. The normalized spacial score (nSPS) is 18.4. The predicted molar refractivity (Wildman–Crippen MR) is 85.8 cm³/mol. The molecule has 1 aliphatic rings. The number of nitrogens with one attached hydrogen (secondary N) is 1. The number of benzene rings is 1. The fourth-order valence-electron chi connectivity index (χ4n) is 3.23. The molecule has 0 radical (unpaired) electrons. The van der Waals surface area contributed by atoms with Crippen molar-refractivity contribution in [2.24, 2.45) is 5.41 Å². The first-order valence-corrected chi connectivity index (χ1v) is 7.97. The molecular weight excluding hydrogens is 262 g/mol. The molecule has 0 spiro atoms. The molecule has 21 heavy (non-hydrogen) atoms. The van der Waals surface area contributed by atoms with Crippen LogP contribution < -0.4 is 10.1 Å². The van der Waals surface area contributed by atoms with E-state index >= 15 is 0 Å². The van der Waals surface area contributed by atoms with Gasteiger partial charge >= 0.3 is 0 Å². The lowest BCUT2D eigenvalue weighted by molar-refractivity contribution is 0.118. The van der Waals surface area contributed by atoms with E-state index in [0.29, 0.717) is 5.41 Å². The quantitative estimate of drug-likeness (QED) is 0.838. The molecule has 0 amide bonds. The summed E-state index contributed by atoms with van der Waals surface area (Å²) in [6, 6.07) is 8.35. The van der Waals surface area contributed by atoms with Crippen molar-refractivity contribution >= 4 is 11.0 Å². The van der Waals surface area contributed by atoms with Crippen LogP contribution in [0.3, 0.4) is 0 Å². The first-order chi connectivity index (χ1) is 10.2. The van der Waals surface area contributed by atoms with Crippen LogP contribution in [0.4, 0.5) is 0 Å². The van der Waals surface area contributed by atoms with Gasteiger partial charge in [-0.05, 0) is 43.7 Å². The van der Waals surface area contributed by atoms with Crippen LogP contribution in [-0.2, 0) is 0 Å². The fourth-order valence-corrected chi connectivity index (χ4v) is 3.23. The van der Waals surface area contributed by atoms with Gasteiger partial charge in [0, 0.05) is 11.9 Å². The Morgan fingerprint density at radius 3 is 2.81 bits per heavy atom. The lowest BCUT2D eigenvalue weighted by atomic mass is 9.67. The van der Waals surface area contributed by atoms with Gasteiger partial charge in [-0.3, -0.25) is 0 Å². The van der Waals surface area contributed by atoms with E-state index < -0.39 is 0 Å². The van der Waals surface area contributed by atoms with E-state index in [1.54, 1.807) is 7.11 Å². The number of rotatable bonds is 6. The Morgan fingerprint density at radius 1 is 1.38 bits per heavy atom. The third-order valence-electron chi connectivity index (χ3n) is 5.12. The fraction of sp³-hybridized carbons (Fsp3) is 0.556. The van der Waals surface area contributed by atoms with Crippen LogP contribution in [0.1, 0.15) is 51.3 Å². The van der Waals surface area contributed by atoms with Crippen molar-refractivity contribution in [1.29, 1.82) is 0 Å². The van der Waals surface area contributed by atoms with Gasteiger partial charge in [0.15, 0.2) is 11.3 Å². The van der Waals surface area contributed by atoms with Crippen LogP contribution in [-0.4, -0.2) is 13.7 Å². The smallest absolute Gasteiger partial charge is 0.176 e. The summed E-state index contributed by atoms with van der Waals surface area (Å²) in [5.74, 6) is 1.79. The minimum Gasteiger partial charge on any atom is -0.493 e. The first kappa shape index (κ1) is 14.5. The summed E-state index contributed by atoms with van der Waals surface area (Å²) >= 11 is 0. The van der Waals surface area contributed by atoms with E-state index in [1.807, 2.05) is 12.1 Å². The van der Waals surface area contributed by atoms with Crippen molar-refractivity contribution in [3.8, 4) is 5.75 Å². The SMILES string of the molecule is CCC1(CNC(C)c2cc3cccc(OC)c3o2)CCC1. The zero-order valence-corrected chi connectivity index (χ0v) is 13.2. The minimum absolute atomic E-state index is 0.228. The number of ether oxygens (including phenoxy) is 1. The molecule has 3 rings (SSSR count). The van der Waals surface area contributed by atoms with Gasteiger partial charge in [0.1, 0.15) is 5.76 Å². The van der Waals surface area contributed by atoms with Gasteiger partial charge in [0.25, 0.3) is 0 Å². The minimum atomic E-state index is 0.228. The van der Waals surface area contributed by atoms with E-state index in [9.17, 15) is 0 Å². The molecule has 0 bridgehead atoms. The first-order valence-electron chi connectivity index (χ1n) is 7.97. The van der Waals surface area contributed by atoms with E-state index in [4.69, 9.17) is 9.15 Å². The number of para-hydroxylation sites is 1. The zero-order chi connectivity index (χ0) is 14.9. The molecule has 1 N–H and O–H groups in total. The van der Waals surface area contributed by atoms with Gasteiger partial charge in [0.2, 0.25) is 0 Å². The number of hydrogen-bond donors (Lipinski definition) is 1. The van der Waals surface area contributed by atoms with Gasteiger partial charge in [0.05, 0.1) is 13.2 Å². The van der Waals surface area contributed by atoms with Gasteiger partial charge < -0.3 is 14.5 Å². The Labute approximate surface area is 126 Å². The molecule has 3 heteroatoms. The predicted octanol–water partition coefficient (Wildman–Crippen LogP) is 4.67. The second-order valence-electron chi connectivity index (χ2n) is 6.34. The molecule has 2 aromatic rings. The molecule has 1 saturated carbocycles. The number of hydrogen-bond acceptors (Lipinski definition) is 3. The number of methoxy groups -OCH3 is 1. The molecule has 1 unspecified atom stereocenters. The Morgan fingerprint density at radius 2 is 2.19 bits per heavy atom. The molecule has 1 aromatic carbocycles. The van der Waals surface area contributed by atoms with E-state index in [-0.39, 0.29) is 6.04 Å². The lowest BCUT2D eigenvalue weighted by Gasteiger charge is -2.42. The third-order valence-corrected chi connectivity index (χ3v) is 5.12. The Balaban J connectivity index is 1.74. The summed E-state index contributed by atoms with van der Waals surface area (Å²) in [6.45, 7) is 5.56. The van der Waals surface area contributed by atoms with Gasteiger partial charge in [-0.1, -0.05) is 25.5 Å². The van der Waals surface area contributed by atoms with Crippen LogP contribution >= 0.6 is 0 Å². The highest BCUT2D eigenvalue weighted by molar-refractivity contribution is 5.83. The molecule has 0 aliphatic heterocycles. The Bertz CT molecular complexity index is 607. The van der Waals surface area contributed by atoms with Crippen molar-refractivity contribution < 1.29 is 9.15 Å². The third kappa shape index (κ3) is 2.67. The molecule has 1 heterocycles. The molecule has 0 saturated heterocycles. The molecule has 1 aliphatic carbocycles. The van der Waals surface area contributed by atoms with Gasteiger partial charge in [-0.25, -0.2) is 0 Å². The highest BCUT2D eigenvalue weighted by atomic mass is 16.5. The highest BCUT2D eigenvalue weighted by Crippen LogP contribution is 2.43. The molecule has 1 atom stereocenters. The second-order valence-corrected chi connectivity index (χ2v) is 6.34. The largest absolute Gasteiger partial charge is 0.493 e. The van der Waals surface area contributed by atoms with Crippen molar-refractivity contribution in [3.05, 3.63) is 30.0 Å². The molecule has 3 nitrogen and oxygen atoms in total. The summed E-state index contributed by atoms with van der Waals surface area (Å²) in [7, 11) is 1.68. The van der Waals surface area contributed by atoms with Gasteiger partial charge in [-0.15, -0.1) is 0 Å². The van der Waals surface area contributed by atoms with E-state index in [0.717, 1.165) is 29.0 Å². The van der Waals surface area contributed by atoms with Crippen LogP contribution in [0.15, 0.2) is 28.7 Å². The average molecular weight is 287 g/mol. The average Bonchev–Trinajstić information content (AvgIpc) is 2.90. The van der Waals surface area contributed by atoms with Gasteiger partial charge in [-0.2, -0.15) is 0 Å². The summed E-state index contributed by atoms with van der Waals surface area (Å²) < 4.78 is 11.4. The van der Waals surface area contributed by atoms with E-state index in [1.165, 1.54) is 25.7 Å². The van der Waals surface area contributed by atoms with Crippen LogP contribution in [0.25, 0.3) is 11.0 Å². The van der Waals surface area contributed by atoms with Crippen LogP contribution in [0.2, 0.25) is 0 Å². The molecular formula is C18H25NO2. The molecule has 114 valence electrons. The lowest BCUT2D eigenvalue weighted by Crippen LogP contribution is -2.40. The topological polar surface area (TPSA) is 34.4 Å². The van der Waals surface area contributed by atoms with Crippen LogP contribution in [0, 0.1) is 5.41 Å². The second kappa shape index (κ2) is 5.72. The van der Waals surface area contributed by atoms with Crippen LogP contribution in [0.5, 0.6) is 5.75 Å². The number of fused-ring (bicyclic) bond motifs is 1. The molecule has 1 aromatic heterocycles. The standard InChI is InChI=1S/C18H25NO2/c1-4-18(9-6-10-18)12-19-13(2)16-11-14-7-5-8-15(20-3)17(14)21-16/h5,7-8,11,13,19H,4,6,9-10,12H2,1-3H3. The summed E-state index contributed by atoms with van der Waals surface area (Å²) in [5, 5.41) is 4.76. The Hall–Kier alpha value is -1.48. The van der Waals surface area contributed by atoms with Crippen molar-refractivity contribution in [2.45, 2.75) is 45.6 Å². The van der Waals surface area contributed by atoms with Crippen molar-refractivity contribution in [3.63, 3.8) is 0 Å². The highest BCUT2D eigenvalue weighted by Gasteiger charge is 2.35. The maximum absolute atomic E-state index is 6.01. The maximum atomic E-state index is 6.01. The summed E-state index contributed by atoms with van der Waals surface area (Å²) in [6.07, 6.45) is 5.36. The summed E-state index contributed by atoms with van der Waals surface area (Å²) in [5.41, 5.74) is 1.37. The maximum Gasteiger partial charge on any atom is 0.176 e. The van der Waals surface area contributed by atoms with Crippen molar-refractivity contribution in [2.75, 3.05) is 13.7 Å². The summed E-state index contributed by atoms with van der Waals surface area (Å²) in [4.78, 5) is 0. The van der Waals surface area contributed by atoms with E-state index in [2.05, 4.69) is 31.3 Å². The zero-order valence-electron chi connectivity index (χ0n) is 13.2. The number of furan rings is 1. The monoisotopic (exact) mass is 287 g/mol.